The lowest BCUT2D eigenvalue weighted by atomic mass is 9.84. The summed E-state index contributed by atoms with van der Waals surface area (Å²) >= 11 is 0. The molecule has 1 saturated carbocycles. The molecule has 0 saturated heterocycles. The van der Waals surface area contributed by atoms with Gasteiger partial charge in [0.1, 0.15) is 12.0 Å². The topological polar surface area (TPSA) is 52.0 Å². The van der Waals surface area contributed by atoms with Crippen molar-refractivity contribution in [1.82, 2.24) is 4.98 Å². The lowest BCUT2D eigenvalue weighted by Gasteiger charge is -2.21. The lowest BCUT2D eigenvalue weighted by Crippen LogP contribution is -2.04. The molecule has 1 aromatic heterocycles. The number of nitrogens with zero attached hydrogens (tertiary/aromatic N) is 1. The Kier molecular flexibility index (Phi) is 3.65. The van der Waals surface area contributed by atoms with E-state index in [1.165, 1.54) is 37.7 Å². The SMILES string of the molecule is NCc1nc(-c2ccc(C3CCCCC3)cc2)co1. The molecule has 1 aliphatic carbocycles. The molecule has 2 aromatic rings. The fraction of sp³-hybridized carbons (Fsp3) is 0.438. The summed E-state index contributed by atoms with van der Waals surface area (Å²) in [5.74, 6) is 1.34. The molecule has 0 spiro atoms. The van der Waals surface area contributed by atoms with E-state index in [-0.39, 0.29) is 0 Å². The van der Waals surface area contributed by atoms with Crippen molar-refractivity contribution in [3.63, 3.8) is 0 Å². The highest BCUT2D eigenvalue weighted by Crippen LogP contribution is 2.33. The maximum absolute atomic E-state index is 5.51. The number of rotatable bonds is 3. The van der Waals surface area contributed by atoms with E-state index in [0.29, 0.717) is 12.4 Å². The fourth-order valence-electron chi connectivity index (χ4n) is 2.90. The molecule has 3 rings (SSSR count). The molecule has 1 fully saturated rings. The van der Waals surface area contributed by atoms with E-state index in [1.54, 1.807) is 6.26 Å². The zero-order chi connectivity index (χ0) is 13.1. The van der Waals surface area contributed by atoms with E-state index in [0.717, 1.165) is 17.2 Å². The van der Waals surface area contributed by atoms with Crippen LogP contribution in [0.25, 0.3) is 11.3 Å². The van der Waals surface area contributed by atoms with Gasteiger partial charge >= 0.3 is 0 Å². The van der Waals surface area contributed by atoms with E-state index >= 15 is 0 Å². The average molecular weight is 256 g/mol. The number of aromatic nitrogens is 1. The summed E-state index contributed by atoms with van der Waals surface area (Å²) in [6, 6.07) is 8.76. The quantitative estimate of drug-likeness (QED) is 0.907. The first-order valence-corrected chi connectivity index (χ1v) is 7.11. The van der Waals surface area contributed by atoms with Crippen LogP contribution < -0.4 is 5.73 Å². The molecule has 0 radical (unpaired) electrons. The molecule has 0 bridgehead atoms. The van der Waals surface area contributed by atoms with Gasteiger partial charge in [0.25, 0.3) is 0 Å². The molecule has 19 heavy (non-hydrogen) atoms. The van der Waals surface area contributed by atoms with E-state index < -0.39 is 0 Å². The van der Waals surface area contributed by atoms with Gasteiger partial charge in [-0.25, -0.2) is 4.98 Å². The number of oxazole rings is 1. The number of benzene rings is 1. The van der Waals surface area contributed by atoms with Gasteiger partial charge in [-0.3, -0.25) is 0 Å². The van der Waals surface area contributed by atoms with Gasteiger partial charge in [0.2, 0.25) is 5.89 Å². The molecule has 1 aromatic carbocycles. The summed E-state index contributed by atoms with van der Waals surface area (Å²) in [5, 5.41) is 0. The summed E-state index contributed by atoms with van der Waals surface area (Å²) in [5.41, 5.74) is 8.94. The second kappa shape index (κ2) is 5.57. The van der Waals surface area contributed by atoms with Crippen LogP contribution in [0.15, 0.2) is 34.9 Å². The van der Waals surface area contributed by atoms with Crippen molar-refractivity contribution in [1.29, 1.82) is 0 Å². The van der Waals surface area contributed by atoms with Crippen molar-refractivity contribution in [2.75, 3.05) is 0 Å². The first-order chi connectivity index (χ1) is 9.36. The first kappa shape index (κ1) is 12.4. The minimum absolute atomic E-state index is 0.347. The molecule has 0 aliphatic heterocycles. The highest BCUT2D eigenvalue weighted by atomic mass is 16.3. The van der Waals surface area contributed by atoms with Crippen molar-refractivity contribution in [2.24, 2.45) is 5.73 Å². The van der Waals surface area contributed by atoms with E-state index in [1.807, 2.05) is 0 Å². The van der Waals surface area contributed by atoms with Gasteiger partial charge in [-0.15, -0.1) is 0 Å². The Bertz CT molecular complexity index is 524. The largest absolute Gasteiger partial charge is 0.447 e. The molecule has 0 unspecified atom stereocenters. The fourth-order valence-corrected chi connectivity index (χ4v) is 2.90. The van der Waals surface area contributed by atoms with Crippen LogP contribution in [0.5, 0.6) is 0 Å². The van der Waals surface area contributed by atoms with Gasteiger partial charge in [0.05, 0.1) is 6.54 Å². The van der Waals surface area contributed by atoms with Gasteiger partial charge in [-0.2, -0.15) is 0 Å². The van der Waals surface area contributed by atoms with Gasteiger partial charge in [-0.05, 0) is 24.3 Å². The molecular formula is C16H20N2O. The monoisotopic (exact) mass is 256 g/mol. The summed E-state index contributed by atoms with van der Waals surface area (Å²) in [6.07, 6.45) is 8.49. The predicted octanol–water partition coefficient (Wildman–Crippen LogP) is 3.85. The predicted molar refractivity (Wildman–Crippen MR) is 75.7 cm³/mol. The highest BCUT2D eigenvalue weighted by molar-refractivity contribution is 5.58. The summed E-state index contributed by atoms with van der Waals surface area (Å²) in [7, 11) is 0. The zero-order valence-electron chi connectivity index (χ0n) is 11.1. The van der Waals surface area contributed by atoms with Gasteiger partial charge in [0.15, 0.2) is 0 Å². The van der Waals surface area contributed by atoms with Crippen molar-refractivity contribution in [3.05, 3.63) is 42.0 Å². The number of nitrogens with two attached hydrogens (primary N) is 1. The van der Waals surface area contributed by atoms with Gasteiger partial charge in [0, 0.05) is 5.56 Å². The van der Waals surface area contributed by atoms with Crippen molar-refractivity contribution in [3.8, 4) is 11.3 Å². The maximum Gasteiger partial charge on any atom is 0.208 e. The Labute approximate surface area is 113 Å². The van der Waals surface area contributed by atoms with Gasteiger partial charge in [-0.1, -0.05) is 43.5 Å². The second-order valence-corrected chi connectivity index (χ2v) is 5.29. The Morgan fingerprint density at radius 2 is 1.84 bits per heavy atom. The molecule has 3 heteroatoms. The Balaban J connectivity index is 1.78. The third-order valence-corrected chi connectivity index (χ3v) is 4.01. The van der Waals surface area contributed by atoms with Crippen LogP contribution in [-0.2, 0) is 6.54 Å². The molecular weight excluding hydrogens is 236 g/mol. The first-order valence-electron chi connectivity index (χ1n) is 7.11. The number of hydrogen-bond acceptors (Lipinski definition) is 3. The molecule has 0 atom stereocenters. The summed E-state index contributed by atoms with van der Waals surface area (Å²) in [6.45, 7) is 0.347. The third kappa shape index (κ3) is 2.71. The molecule has 1 aliphatic rings. The smallest absolute Gasteiger partial charge is 0.208 e. The standard InChI is InChI=1S/C16H20N2O/c17-10-16-18-15(11-19-16)14-8-6-13(7-9-14)12-4-2-1-3-5-12/h6-9,11-12H,1-5,10,17H2. The van der Waals surface area contributed by atoms with Crippen molar-refractivity contribution in [2.45, 2.75) is 44.6 Å². The Morgan fingerprint density at radius 3 is 2.47 bits per heavy atom. The number of hydrogen-bond donors (Lipinski definition) is 1. The van der Waals surface area contributed by atoms with Crippen LogP contribution in [-0.4, -0.2) is 4.98 Å². The molecule has 1 heterocycles. The van der Waals surface area contributed by atoms with Crippen molar-refractivity contribution < 1.29 is 4.42 Å². The average Bonchev–Trinajstić information content (AvgIpc) is 2.97. The zero-order valence-corrected chi connectivity index (χ0v) is 11.1. The molecule has 0 amide bonds. The minimum atomic E-state index is 0.347. The van der Waals surface area contributed by atoms with Crippen LogP contribution in [0.2, 0.25) is 0 Å². The van der Waals surface area contributed by atoms with Crippen LogP contribution in [0.1, 0.15) is 49.5 Å². The summed E-state index contributed by atoms with van der Waals surface area (Å²) in [4.78, 5) is 4.35. The normalized spacial score (nSPS) is 16.7. The van der Waals surface area contributed by atoms with Crippen LogP contribution in [0.3, 0.4) is 0 Å². The maximum atomic E-state index is 5.51. The Morgan fingerprint density at radius 1 is 1.11 bits per heavy atom. The van der Waals surface area contributed by atoms with Crippen LogP contribution >= 0.6 is 0 Å². The van der Waals surface area contributed by atoms with Gasteiger partial charge < -0.3 is 10.2 Å². The van der Waals surface area contributed by atoms with E-state index in [4.69, 9.17) is 10.2 Å². The summed E-state index contributed by atoms with van der Waals surface area (Å²) < 4.78 is 5.28. The second-order valence-electron chi connectivity index (χ2n) is 5.29. The Hall–Kier alpha value is -1.61. The minimum Gasteiger partial charge on any atom is -0.447 e. The third-order valence-electron chi connectivity index (χ3n) is 4.01. The molecule has 3 nitrogen and oxygen atoms in total. The van der Waals surface area contributed by atoms with E-state index in [2.05, 4.69) is 29.2 Å². The highest BCUT2D eigenvalue weighted by Gasteiger charge is 2.15. The van der Waals surface area contributed by atoms with Crippen LogP contribution in [0, 0.1) is 0 Å². The van der Waals surface area contributed by atoms with Crippen molar-refractivity contribution >= 4 is 0 Å². The molecule has 2 N–H and O–H groups in total. The molecule has 100 valence electrons. The lowest BCUT2D eigenvalue weighted by molar-refractivity contribution is 0.443. The van der Waals surface area contributed by atoms with Crippen LogP contribution in [0.4, 0.5) is 0 Å². The van der Waals surface area contributed by atoms with E-state index in [9.17, 15) is 0 Å².